The smallest absolute Gasteiger partial charge is 0.322 e. The lowest BCUT2D eigenvalue weighted by Crippen LogP contribution is -2.60. The monoisotopic (exact) mass is 350 g/mol. The third-order valence-corrected chi connectivity index (χ3v) is 5.67. The zero-order valence-corrected chi connectivity index (χ0v) is 13.4. The summed E-state index contributed by atoms with van der Waals surface area (Å²) in [5, 5.41) is 6.00. The molecular formula is C15H19BrN4O. The lowest BCUT2D eigenvalue weighted by molar-refractivity contribution is -0.0127. The Labute approximate surface area is 132 Å². The van der Waals surface area contributed by atoms with E-state index in [0.29, 0.717) is 5.95 Å². The SMILES string of the molecule is O=C(Nc1ncc(Br)cn1)NC12CC3CC(CC(C3)C1)C2. The molecule has 1 heterocycles. The quantitative estimate of drug-likeness (QED) is 0.859. The van der Waals surface area contributed by atoms with E-state index in [1.807, 2.05) is 0 Å². The predicted molar refractivity (Wildman–Crippen MR) is 82.8 cm³/mol. The van der Waals surface area contributed by atoms with E-state index in [-0.39, 0.29) is 11.6 Å². The molecule has 0 saturated heterocycles. The minimum atomic E-state index is -0.167. The first kappa shape index (κ1) is 13.5. The third-order valence-electron chi connectivity index (χ3n) is 5.26. The molecule has 21 heavy (non-hydrogen) atoms. The van der Waals surface area contributed by atoms with Crippen LogP contribution in [0.5, 0.6) is 0 Å². The van der Waals surface area contributed by atoms with Crippen LogP contribution in [0.4, 0.5) is 10.7 Å². The summed E-state index contributed by atoms with van der Waals surface area (Å²) in [7, 11) is 0. The fourth-order valence-electron chi connectivity index (χ4n) is 5.01. The summed E-state index contributed by atoms with van der Waals surface area (Å²) in [5.74, 6) is 2.81. The normalized spacial score (nSPS) is 36.5. The van der Waals surface area contributed by atoms with Crippen molar-refractivity contribution in [2.24, 2.45) is 17.8 Å². The first-order valence-corrected chi connectivity index (χ1v) is 8.46. The highest BCUT2D eigenvalue weighted by atomic mass is 79.9. The molecule has 0 spiro atoms. The van der Waals surface area contributed by atoms with Crippen LogP contribution in [0.15, 0.2) is 16.9 Å². The van der Waals surface area contributed by atoms with E-state index in [0.717, 1.165) is 41.5 Å². The van der Waals surface area contributed by atoms with Crippen LogP contribution < -0.4 is 10.6 Å². The summed E-state index contributed by atoms with van der Waals surface area (Å²) >= 11 is 3.28. The summed E-state index contributed by atoms with van der Waals surface area (Å²) < 4.78 is 0.801. The van der Waals surface area contributed by atoms with Crippen molar-refractivity contribution in [1.29, 1.82) is 0 Å². The molecule has 1 aromatic rings. The summed E-state index contributed by atoms with van der Waals surface area (Å²) in [6, 6.07) is -0.167. The molecule has 4 aliphatic rings. The van der Waals surface area contributed by atoms with Gasteiger partial charge in [-0.2, -0.15) is 0 Å². The molecule has 4 aliphatic carbocycles. The Morgan fingerprint density at radius 1 is 1.10 bits per heavy atom. The molecule has 2 amide bonds. The van der Waals surface area contributed by atoms with Crippen LogP contribution in [0.3, 0.4) is 0 Å². The van der Waals surface area contributed by atoms with Crippen LogP contribution >= 0.6 is 15.9 Å². The van der Waals surface area contributed by atoms with Crippen molar-refractivity contribution >= 4 is 27.9 Å². The maximum Gasteiger partial charge on any atom is 0.322 e. The largest absolute Gasteiger partial charge is 0.332 e. The highest BCUT2D eigenvalue weighted by Gasteiger charge is 2.51. The Morgan fingerprint density at radius 2 is 1.62 bits per heavy atom. The highest BCUT2D eigenvalue weighted by Crippen LogP contribution is 2.55. The van der Waals surface area contributed by atoms with Crippen molar-refractivity contribution in [2.45, 2.75) is 44.1 Å². The fraction of sp³-hybridized carbons (Fsp3) is 0.667. The van der Waals surface area contributed by atoms with Gasteiger partial charge in [-0.3, -0.25) is 5.32 Å². The average molecular weight is 351 g/mol. The van der Waals surface area contributed by atoms with Gasteiger partial charge in [0.15, 0.2) is 0 Å². The fourth-order valence-corrected chi connectivity index (χ4v) is 5.22. The zero-order valence-electron chi connectivity index (χ0n) is 11.8. The van der Waals surface area contributed by atoms with Crippen LogP contribution in [0.1, 0.15) is 38.5 Å². The molecule has 112 valence electrons. The molecule has 4 fully saturated rings. The summed E-state index contributed by atoms with van der Waals surface area (Å²) in [5.41, 5.74) is 0.0220. The van der Waals surface area contributed by atoms with Crippen molar-refractivity contribution in [3.05, 3.63) is 16.9 Å². The topological polar surface area (TPSA) is 66.9 Å². The molecule has 1 aromatic heterocycles. The van der Waals surface area contributed by atoms with Gasteiger partial charge in [0.1, 0.15) is 0 Å². The number of anilines is 1. The minimum Gasteiger partial charge on any atom is -0.332 e. The van der Waals surface area contributed by atoms with Crippen molar-refractivity contribution in [1.82, 2.24) is 15.3 Å². The van der Waals surface area contributed by atoms with E-state index in [1.54, 1.807) is 12.4 Å². The molecule has 0 radical (unpaired) electrons. The Bertz CT molecular complexity index is 524. The number of hydrogen-bond donors (Lipinski definition) is 2. The van der Waals surface area contributed by atoms with Gasteiger partial charge in [-0.05, 0) is 72.2 Å². The molecular weight excluding hydrogens is 332 g/mol. The molecule has 5 rings (SSSR count). The van der Waals surface area contributed by atoms with Gasteiger partial charge in [0.25, 0.3) is 0 Å². The molecule has 0 atom stereocenters. The van der Waals surface area contributed by atoms with Crippen LogP contribution in [0.2, 0.25) is 0 Å². The van der Waals surface area contributed by atoms with Gasteiger partial charge in [0.2, 0.25) is 5.95 Å². The summed E-state index contributed by atoms with van der Waals surface area (Å²) in [4.78, 5) is 20.4. The van der Waals surface area contributed by atoms with E-state index < -0.39 is 0 Å². The highest BCUT2D eigenvalue weighted by molar-refractivity contribution is 9.10. The number of halogens is 1. The molecule has 0 aliphatic heterocycles. The summed E-state index contributed by atoms with van der Waals surface area (Å²) in [6.45, 7) is 0. The second-order valence-corrected chi connectivity index (χ2v) is 7.92. The number of aromatic nitrogens is 2. The number of nitrogens with zero attached hydrogens (tertiary/aromatic N) is 2. The number of urea groups is 1. The van der Waals surface area contributed by atoms with Gasteiger partial charge in [-0.1, -0.05) is 0 Å². The van der Waals surface area contributed by atoms with Gasteiger partial charge in [0.05, 0.1) is 4.47 Å². The lowest BCUT2D eigenvalue weighted by atomic mass is 9.53. The maximum atomic E-state index is 12.3. The second kappa shape index (κ2) is 4.93. The number of nitrogens with one attached hydrogen (secondary N) is 2. The Morgan fingerprint density at radius 3 is 2.14 bits per heavy atom. The predicted octanol–water partition coefficient (Wildman–Crippen LogP) is 3.33. The van der Waals surface area contributed by atoms with Gasteiger partial charge < -0.3 is 5.32 Å². The Hall–Kier alpha value is -1.17. The van der Waals surface area contributed by atoms with E-state index in [2.05, 4.69) is 36.5 Å². The standard InChI is InChI=1S/C15H19BrN4O/c16-12-7-17-13(18-8-12)19-14(21)20-15-4-9-1-10(5-15)3-11(2-9)6-15/h7-11H,1-6H2,(H2,17,18,19,20,21). The van der Waals surface area contributed by atoms with Gasteiger partial charge >= 0.3 is 6.03 Å². The minimum absolute atomic E-state index is 0.0220. The Kier molecular flexibility index (Phi) is 3.17. The van der Waals surface area contributed by atoms with E-state index in [4.69, 9.17) is 0 Å². The van der Waals surface area contributed by atoms with Gasteiger partial charge in [0, 0.05) is 17.9 Å². The van der Waals surface area contributed by atoms with Crippen molar-refractivity contribution in [2.75, 3.05) is 5.32 Å². The number of rotatable bonds is 2. The van der Waals surface area contributed by atoms with Crippen molar-refractivity contribution in [3.8, 4) is 0 Å². The van der Waals surface area contributed by atoms with Crippen LogP contribution in [0.25, 0.3) is 0 Å². The molecule has 0 aromatic carbocycles. The number of carbonyl (C=O) groups is 1. The van der Waals surface area contributed by atoms with Crippen molar-refractivity contribution in [3.63, 3.8) is 0 Å². The number of carbonyl (C=O) groups excluding carboxylic acids is 1. The molecule has 6 heteroatoms. The van der Waals surface area contributed by atoms with E-state index in [1.165, 1.54) is 19.3 Å². The number of amides is 2. The maximum absolute atomic E-state index is 12.3. The molecule has 2 N–H and O–H groups in total. The molecule has 4 saturated carbocycles. The van der Waals surface area contributed by atoms with Crippen LogP contribution in [-0.2, 0) is 0 Å². The molecule has 4 bridgehead atoms. The average Bonchev–Trinajstić information content (AvgIpc) is 2.39. The van der Waals surface area contributed by atoms with Crippen LogP contribution in [0, 0.1) is 17.8 Å². The van der Waals surface area contributed by atoms with Gasteiger partial charge in [-0.15, -0.1) is 0 Å². The lowest BCUT2D eigenvalue weighted by Gasteiger charge is -2.56. The molecule has 0 unspecified atom stereocenters. The summed E-state index contributed by atoms with van der Waals surface area (Å²) in [6.07, 6.45) is 10.8. The molecule has 5 nitrogen and oxygen atoms in total. The number of hydrogen-bond acceptors (Lipinski definition) is 3. The van der Waals surface area contributed by atoms with E-state index >= 15 is 0 Å². The van der Waals surface area contributed by atoms with E-state index in [9.17, 15) is 4.79 Å². The van der Waals surface area contributed by atoms with Gasteiger partial charge in [-0.25, -0.2) is 14.8 Å². The first-order valence-electron chi connectivity index (χ1n) is 7.67. The van der Waals surface area contributed by atoms with Crippen LogP contribution in [-0.4, -0.2) is 21.5 Å². The zero-order chi connectivity index (χ0) is 14.4. The third kappa shape index (κ3) is 2.65. The van der Waals surface area contributed by atoms with Crippen molar-refractivity contribution < 1.29 is 4.79 Å². The second-order valence-electron chi connectivity index (χ2n) is 7.00. The Balaban J connectivity index is 1.43. The first-order chi connectivity index (χ1) is 10.1.